The molecule has 1 aromatic heterocycles. The first kappa shape index (κ1) is 17.7. The molecule has 25 heavy (non-hydrogen) atoms. The Bertz CT molecular complexity index is 707. The van der Waals surface area contributed by atoms with E-state index >= 15 is 0 Å². The molecule has 1 saturated heterocycles. The number of likely N-dealkylation sites (tertiary alicyclic amines) is 1. The molecule has 1 fully saturated rings. The van der Waals surface area contributed by atoms with Crippen LogP contribution in [0.25, 0.3) is 0 Å². The van der Waals surface area contributed by atoms with Crippen molar-refractivity contribution in [3.8, 4) is 0 Å². The van der Waals surface area contributed by atoms with E-state index in [1.807, 2.05) is 46.7 Å². The van der Waals surface area contributed by atoms with E-state index in [0.717, 1.165) is 18.7 Å². The predicted octanol–water partition coefficient (Wildman–Crippen LogP) is 3.20. The molecule has 4 nitrogen and oxygen atoms in total. The Hall–Kier alpha value is -2.14. The average Bonchev–Trinajstić information content (AvgIpc) is 3.08. The predicted molar refractivity (Wildman–Crippen MR) is 101 cm³/mol. The van der Waals surface area contributed by atoms with Gasteiger partial charge in [-0.05, 0) is 28.8 Å². The van der Waals surface area contributed by atoms with Gasteiger partial charge in [-0.2, -0.15) is 0 Å². The number of thiophene rings is 1. The van der Waals surface area contributed by atoms with Crippen LogP contribution in [0.4, 0.5) is 0 Å². The van der Waals surface area contributed by atoms with Crippen molar-refractivity contribution in [2.75, 3.05) is 13.1 Å². The third kappa shape index (κ3) is 4.28. The number of hydrogen-bond acceptors (Lipinski definition) is 3. The van der Waals surface area contributed by atoms with E-state index in [-0.39, 0.29) is 11.8 Å². The number of amides is 2. The first-order valence-electron chi connectivity index (χ1n) is 8.71. The summed E-state index contributed by atoms with van der Waals surface area (Å²) in [5, 5.41) is 4.81. The second-order valence-electron chi connectivity index (χ2n) is 6.94. The fraction of sp³-hybridized carbons (Fsp3) is 0.400. The Kier molecular flexibility index (Phi) is 5.53. The van der Waals surface area contributed by atoms with Crippen molar-refractivity contribution in [3.05, 3.63) is 58.3 Å². The summed E-state index contributed by atoms with van der Waals surface area (Å²) < 4.78 is 0. The van der Waals surface area contributed by atoms with Gasteiger partial charge in [-0.15, -0.1) is 11.3 Å². The van der Waals surface area contributed by atoms with Crippen molar-refractivity contribution in [3.63, 3.8) is 0 Å². The Labute approximate surface area is 152 Å². The smallest absolute Gasteiger partial charge is 0.262 e. The Morgan fingerprint density at radius 2 is 1.88 bits per heavy atom. The SMILES string of the molecule is CC(C)C1CN(C(=O)C(Cc2ccccc2)NC(=O)c2cccs2)C1. The zero-order valence-corrected chi connectivity index (χ0v) is 15.5. The van der Waals surface area contributed by atoms with Gasteiger partial charge in [0.25, 0.3) is 5.91 Å². The van der Waals surface area contributed by atoms with Crippen LogP contribution in [0.5, 0.6) is 0 Å². The zero-order valence-electron chi connectivity index (χ0n) is 14.6. The number of carbonyl (C=O) groups excluding carboxylic acids is 2. The van der Waals surface area contributed by atoms with E-state index in [0.29, 0.717) is 23.1 Å². The maximum Gasteiger partial charge on any atom is 0.262 e. The molecule has 2 aromatic rings. The van der Waals surface area contributed by atoms with E-state index in [4.69, 9.17) is 0 Å². The lowest BCUT2D eigenvalue weighted by atomic mass is 9.87. The minimum Gasteiger partial charge on any atom is -0.340 e. The van der Waals surface area contributed by atoms with E-state index in [1.165, 1.54) is 11.3 Å². The molecule has 0 radical (unpaired) electrons. The van der Waals surface area contributed by atoms with Gasteiger partial charge in [0.1, 0.15) is 6.04 Å². The van der Waals surface area contributed by atoms with Gasteiger partial charge in [-0.1, -0.05) is 50.2 Å². The lowest BCUT2D eigenvalue weighted by Gasteiger charge is -2.43. The normalized spacial score (nSPS) is 15.7. The number of hydrogen-bond donors (Lipinski definition) is 1. The maximum absolute atomic E-state index is 12.9. The van der Waals surface area contributed by atoms with Gasteiger partial charge >= 0.3 is 0 Å². The topological polar surface area (TPSA) is 49.4 Å². The van der Waals surface area contributed by atoms with Gasteiger partial charge in [0.05, 0.1) is 4.88 Å². The quantitative estimate of drug-likeness (QED) is 0.864. The number of nitrogens with zero attached hydrogens (tertiary/aromatic N) is 1. The van der Waals surface area contributed by atoms with E-state index in [9.17, 15) is 9.59 Å². The summed E-state index contributed by atoms with van der Waals surface area (Å²) in [6, 6.07) is 12.9. The molecular weight excluding hydrogens is 332 g/mol. The van der Waals surface area contributed by atoms with Gasteiger partial charge < -0.3 is 10.2 Å². The van der Waals surface area contributed by atoms with E-state index in [1.54, 1.807) is 6.07 Å². The van der Waals surface area contributed by atoms with Crippen LogP contribution in [0.3, 0.4) is 0 Å². The minimum absolute atomic E-state index is 0.0191. The molecule has 1 atom stereocenters. The van der Waals surface area contributed by atoms with Crippen LogP contribution < -0.4 is 5.32 Å². The van der Waals surface area contributed by atoms with Crippen LogP contribution in [-0.2, 0) is 11.2 Å². The second-order valence-corrected chi connectivity index (χ2v) is 7.89. The molecule has 1 unspecified atom stereocenters. The molecule has 132 valence electrons. The lowest BCUT2D eigenvalue weighted by molar-refractivity contribution is -0.140. The third-order valence-corrected chi connectivity index (χ3v) is 5.66. The Morgan fingerprint density at radius 1 is 1.16 bits per heavy atom. The van der Waals surface area contributed by atoms with Crippen LogP contribution >= 0.6 is 11.3 Å². The van der Waals surface area contributed by atoms with Crippen LogP contribution in [-0.4, -0.2) is 35.8 Å². The van der Waals surface area contributed by atoms with Gasteiger partial charge in [-0.3, -0.25) is 9.59 Å². The molecule has 1 N–H and O–H groups in total. The largest absolute Gasteiger partial charge is 0.340 e. The fourth-order valence-corrected chi connectivity index (χ4v) is 3.65. The first-order chi connectivity index (χ1) is 12.0. The molecule has 0 bridgehead atoms. The van der Waals surface area contributed by atoms with Crippen molar-refractivity contribution in [1.29, 1.82) is 0 Å². The summed E-state index contributed by atoms with van der Waals surface area (Å²) in [6.07, 6.45) is 0.514. The molecule has 0 aliphatic carbocycles. The summed E-state index contributed by atoms with van der Waals surface area (Å²) in [5.74, 6) is 0.988. The number of nitrogens with one attached hydrogen (secondary N) is 1. The summed E-state index contributed by atoms with van der Waals surface area (Å²) in [6.45, 7) is 5.95. The fourth-order valence-electron chi connectivity index (χ4n) is 3.02. The van der Waals surface area contributed by atoms with Crippen LogP contribution in [0.2, 0.25) is 0 Å². The Balaban J connectivity index is 1.70. The zero-order chi connectivity index (χ0) is 17.8. The molecule has 1 aliphatic heterocycles. The van der Waals surface area contributed by atoms with Crippen LogP contribution in [0.1, 0.15) is 29.1 Å². The molecule has 2 amide bonds. The standard InChI is InChI=1S/C20H24N2O2S/c1-14(2)16-12-22(13-16)20(24)17(11-15-7-4-3-5-8-15)21-19(23)18-9-6-10-25-18/h3-10,14,16-17H,11-13H2,1-2H3,(H,21,23). The average molecular weight is 356 g/mol. The minimum atomic E-state index is -0.523. The van der Waals surface area contributed by atoms with Crippen molar-refractivity contribution in [2.24, 2.45) is 11.8 Å². The van der Waals surface area contributed by atoms with E-state index < -0.39 is 6.04 Å². The first-order valence-corrected chi connectivity index (χ1v) is 9.59. The molecule has 1 aliphatic rings. The van der Waals surface area contributed by atoms with Gasteiger partial charge in [0.2, 0.25) is 5.91 Å². The molecule has 0 saturated carbocycles. The van der Waals surface area contributed by atoms with Crippen molar-refractivity contribution < 1.29 is 9.59 Å². The van der Waals surface area contributed by atoms with Gasteiger partial charge in [-0.25, -0.2) is 0 Å². The molecule has 3 rings (SSSR count). The monoisotopic (exact) mass is 356 g/mol. The maximum atomic E-state index is 12.9. The number of rotatable bonds is 6. The molecule has 0 spiro atoms. The summed E-state index contributed by atoms with van der Waals surface area (Å²) in [7, 11) is 0. The van der Waals surface area contributed by atoms with Gasteiger partial charge in [0, 0.05) is 19.5 Å². The van der Waals surface area contributed by atoms with Gasteiger partial charge in [0.15, 0.2) is 0 Å². The summed E-state index contributed by atoms with van der Waals surface area (Å²) in [5.41, 5.74) is 1.05. The highest BCUT2D eigenvalue weighted by Gasteiger charge is 2.36. The van der Waals surface area contributed by atoms with Crippen LogP contribution in [0, 0.1) is 11.8 Å². The summed E-state index contributed by atoms with van der Waals surface area (Å²) in [4.78, 5) is 27.9. The lowest BCUT2D eigenvalue weighted by Crippen LogP contribution is -2.58. The van der Waals surface area contributed by atoms with Crippen molar-refractivity contribution >= 4 is 23.2 Å². The van der Waals surface area contributed by atoms with Crippen LogP contribution in [0.15, 0.2) is 47.8 Å². The molecule has 1 aromatic carbocycles. The highest BCUT2D eigenvalue weighted by atomic mass is 32.1. The summed E-state index contributed by atoms with van der Waals surface area (Å²) >= 11 is 1.39. The highest BCUT2D eigenvalue weighted by molar-refractivity contribution is 7.12. The molecular formula is C20H24N2O2S. The van der Waals surface area contributed by atoms with Crippen molar-refractivity contribution in [1.82, 2.24) is 10.2 Å². The second kappa shape index (κ2) is 7.83. The highest BCUT2D eigenvalue weighted by Crippen LogP contribution is 2.24. The van der Waals surface area contributed by atoms with E-state index in [2.05, 4.69) is 19.2 Å². The Morgan fingerprint density at radius 3 is 2.48 bits per heavy atom. The molecule has 2 heterocycles. The van der Waals surface area contributed by atoms with Crippen molar-refractivity contribution in [2.45, 2.75) is 26.3 Å². The molecule has 5 heteroatoms. The number of carbonyl (C=O) groups is 2. The third-order valence-electron chi connectivity index (χ3n) is 4.80. The number of benzene rings is 1.